The van der Waals surface area contributed by atoms with E-state index in [0.717, 1.165) is 18.7 Å². The minimum atomic E-state index is 0.542. The highest BCUT2D eigenvalue weighted by molar-refractivity contribution is 5.41. The van der Waals surface area contributed by atoms with Crippen LogP contribution in [0.2, 0.25) is 0 Å². The van der Waals surface area contributed by atoms with Gasteiger partial charge in [-0.15, -0.1) is 0 Å². The number of para-hydroxylation sites is 2. The Morgan fingerprint density at radius 1 is 1.05 bits per heavy atom. The molecular weight excluding hydrogens is 268 g/mol. The molecule has 0 saturated heterocycles. The molecule has 1 heterocycles. The molecule has 1 aromatic carbocycles. The Morgan fingerprint density at radius 2 is 1.86 bits per heavy atom. The molecule has 2 aromatic rings. The number of nitrogens with one attached hydrogen (secondary N) is 1. The number of hydrogen-bond donors (Lipinski definition) is 1. The smallest absolute Gasteiger partial charge is 0.219 e. The van der Waals surface area contributed by atoms with Crippen molar-refractivity contribution in [3.63, 3.8) is 0 Å². The summed E-state index contributed by atoms with van der Waals surface area (Å²) in [6.45, 7) is 2.27. The molecule has 0 atom stereocenters. The van der Waals surface area contributed by atoms with Crippen molar-refractivity contribution >= 4 is 0 Å². The molecule has 0 unspecified atom stereocenters. The van der Waals surface area contributed by atoms with Crippen molar-refractivity contribution in [2.75, 3.05) is 27.4 Å². The number of methoxy groups -OCH3 is 2. The van der Waals surface area contributed by atoms with E-state index in [2.05, 4.69) is 10.3 Å². The molecule has 1 aromatic heterocycles. The molecule has 5 nitrogen and oxygen atoms in total. The van der Waals surface area contributed by atoms with E-state index < -0.39 is 0 Å². The second-order valence-electron chi connectivity index (χ2n) is 4.43. The van der Waals surface area contributed by atoms with Gasteiger partial charge in [-0.05, 0) is 17.7 Å². The highest BCUT2D eigenvalue weighted by atomic mass is 16.5. The van der Waals surface area contributed by atoms with Crippen molar-refractivity contribution in [2.24, 2.45) is 0 Å². The van der Waals surface area contributed by atoms with Crippen LogP contribution in [0.25, 0.3) is 0 Å². The van der Waals surface area contributed by atoms with E-state index in [0.29, 0.717) is 24.0 Å². The van der Waals surface area contributed by atoms with Crippen molar-refractivity contribution in [3.05, 3.63) is 48.2 Å². The van der Waals surface area contributed by atoms with Crippen LogP contribution in [0, 0.1) is 0 Å². The topological polar surface area (TPSA) is 52.6 Å². The van der Waals surface area contributed by atoms with Crippen LogP contribution in [0.1, 0.15) is 5.56 Å². The zero-order valence-electron chi connectivity index (χ0n) is 12.3. The molecule has 0 fully saturated rings. The number of aromatic nitrogens is 1. The van der Waals surface area contributed by atoms with E-state index >= 15 is 0 Å². The lowest BCUT2D eigenvalue weighted by atomic mass is 10.3. The molecule has 1 N–H and O–H groups in total. The van der Waals surface area contributed by atoms with Crippen molar-refractivity contribution < 1.29 is 14.2 Å². The third-order valence-electron chi connectivity index (χ3n) is 2.89. The van der Waals surface area contributed by atoms with E-state index in [1.54, 1.807) is 20.4 Å². The molecule has 2 rings (SSSR count). The predicted molar refractivity (Wildman–Crippen MR) is 80.9 cm³/mol. The van der Waals surface area contributed by atoms with Gasteiger partial charge in [-0.25, -0.2) is 4.98 Å². The molecule has 21 heavy (non-hydrogen) atoms. The van der Waals surface area contributed by atoms with Gasteiger partial charge < -0.3 is 19.5 Å². The van der Waals surface area contributed by atoms with Crippen LogP contribution in [-0.4, -0.2) is 32.4 Å². The fraction of sp³-hybridized carbons (Fsp3) is 0.312. The van der Waals surface area contributed by atoms with Crippen LogP contribution in [0.15, 0.2) is 42.6 Å². The van der Waals surface area contributed by atoms with E-state index in [-0.39, 0.29) is 0 Å². The molecule has 0 bridgehead atoms. The number of ether oxygens (including phenoxy) is 3. The molecule has 112 valence electrons. The summed E-state index contributed by atoms with van der Waals surface area (Å²) >= 11 is 0. The fourth-order valence-electron chi connectivity index (χ4n) is 1.80. The Morgan fingerprint density at radius 3 is 2.52 bits per heavy atom. The van der Waals surface area contributed by atoms with Gasteiger partial charge in [-0.1, -0.05) is 18.2 Å². The first-order valence-corrected chi connectivity index (χ1v) is 6.79. The largest absolute Gasteiger partial charge is 0.493 e. The van der Waals surface area contributed by atoms with Crippen LogP contribution < -0.4 is 14.8 Å². The Kier molecular flexibility index (Phi) is 5.99. The van der Waals surface area contributed by atoms with Gasteiger partial charge in [-0.2, -0.15) is 0 Å². The van der Waals surface area contributed by atoms with Gasteiger partial charge in [0.05, 0.1) is 13.7 Å². The maximum absolute atomic E-state index is 5.72. The number of benzene rings is 1. The van der Waals surface area contributed by atoms with E-state index in [4.69, 9.17) is 14.2 Å². The summed E-state index contributed by atoms with van der Waals surface area (Å²) in [4.78, 5) is 4.30. The van der Waals surface area contributed by atoms with Crippen molar-refractivity contribution in [1.29, 1.82) is 0 Å². The molecule has 0 saturated carbocycles. The number of nitrogens with zero attached hydrogens (tertiary/aromatic N) is 1. The lowest BCUT2D eigenvalue weighted by Gasteiger charge is -2.09. The predicted octanol–water partition coefficient (Wildman–Crippen LogP) is 2.62. The van der Waals surface area contributed by atoms with Crippen LogP contribution in [0.3, 0.4) is 0 Å². The number of hydrogen-bond acceptors (Lipinski definition) is 5. The second kappa shape index (κ2) is 8.24. The van der Waals surface area contributed by atoms with Gasteiger partial charge in [0.15, 0.2) is 11.5 Å². The summed E-state index contributed by atoms with van der Waals surface area (Å²) in [6.07, 6.45) is 1.80. The molecule has 0 aliphatic rings. The molecule has 5 heteroatoms. The van der Waals surface area contributed by atoms with E-state index in [1.165, 1.54) is 0 Å². The number of pyridine rings is 1. The van der Waals surface area contributed by atoms with Gasteiger partial charge in [0, 0.05) is 32.5 Å². The summed E-state index contributed by atoms with van der Waals surface area (Å²) in [5.74, 6) is 1.88. The highest BCUT2D eigenvalue weighted by Crippen LogP contribution is 2.29. The summed E-state index contributed by atoms with van der Waals surface area (Å²) in [7, 11) is 3.30. The minimum Gasteiger partial charge on any atom is -0.493 e. The van der Waals surface area contributed by atoms with Crippen LogP contribution in [0.4, 0.5) is 0 Å². The SMILES string of the molecule is COCCNCc1ccc(Oc2ccccc2OC)nc1. The average Bonchev–Trinajstić information content (AvgIpc) is 2.54. The standard InChI is InChI=1S/C16H20N2O3/c1-19-10-9-17-11-13-7-8-16(18-12-13)21-15-6-4-3-5-14(15)20-2/h3-8,12,17H,9-11H2,1-2H3. The van der Waals surface area contributed by atoms with Gasteiger partial charge in [0.25, 0.3) is 0 Å². The molecule has 0 amide bonds. The Hall–Kier alpha value is -2.11. The zero-order chi connectivity index (χ0) is 14.9. The fourth-order valence-corrected chi connectivity index (χ4v) is 1.80. The normalized spacial score (nSPS) is 10.4. The maximum atomic E-state index is 5.72. The molecule has 0 radical (unpaired) electrons. The van der Waals surface area contributed by atoms with E-state index in [9.17, 15) is 0 Å². The number of rotatable bonds is 8. The van der Waals surface area contributed by atoms with Crippen LogP contribution >= 0.6 is 0 Å². The second-order valence-corrected chi connectivity index (χ2v) is 4.43. The summed E-state index contributed by atoms with van der Waals surface area (Å²) in [6, 6.07) is 11.3. The van der Waals surface area contributed by atoms with Crippen molar-refractivity contribution in [3.8, 4) is 17.4 Å². The van der Waals surface area contributed by atoms with Crippen molar-refractivity contribution in [1.82, 2.24) is 10.3 Å². The van der Waals surface area contributed by atoms with Crippen LogP contribution in [0.5, 0.6) is 17.4 Å². The monoisotopic (exact) mass is 288 g/mol. The Labute approximate surface area is 124 Å². The molecule has 0 spiro atoms. The van der Waals surface area contributed by atoms with Gasteiger partial charge in [0.1, 0.15) is 0 Å². The maximum Gasteiger partial charge on any atom is 0.219 e. The third kappa shape index (κ3) is 4.73. The first-order chi connectivity index (χ1) is 10.3. The first kappa shape index (κ1) is 15.3. The van der Waals surface area contributed by atoms with Crippen LogP contribution in [-0.2, 0) is 11.3 Å². The summed E-state index contributed by atoms with van der Waals surface area (Å²) in [5.41, 5.74) is 1.10. The van der Waals surface area contributed by atoms with Gasteiger partial charge in [0.2, 0.25) is 5.88 Å². The third-order valence-corrected chi connectivity index (χ3v) is 2.89. The van der Waals surface area contributed by atoms with Gasteiger partial charge >= 0.3 is 0 Å². The first-order valence-electron chi connectivity index (χ1n) is 6.79. The van der Waals surface area contributed by atoms with E-state index in [1.807, 2.05) is 36.4 Å². The minimum absolute atomic E-state index is 0.542. The summed E-state index contributed by atoms with van der Waals surface area (Å²) < 4.78 is 15.9. The lowest BCUT2D eigenvalue weighted by Crippen LogP contribution is -2.18. The zero-order valence-corrected chi connectivity index (χ0v) is 12.3. The molecule has 0 aliphatic heterocycles. The van der Waals surface area contributed by atoms with Gasteiger partial charge in [-0.3, -0.25) is 0 Å². The highest BCUT2D eigenvalue weighted by Gasteiger charge is 2.05. The molecule has 0 aliphatic carbocycles. The molecular formula is C16H20N2O3. The lowest BCUT2D eigenvalue weighted by molar-refractivity contribution is 0.199. The Bertz CT molecular complexity index is 543. The quantitative estimate of drug-likeness (QED) is 0.757. The average molecular weight is 288 g/mol. The summed E-state index contributed by atoms with van der Waals surface area (Å²) in [5, 5.41) is 3.26. The van der Waals surface area contributed by atoms with Crippen molar-refractivity contribution in [2.45, 2.75) is 6.54 Å². The Balaban J connectivity index is 1.93.